The number of anilines is 1. The Morgan fingerprint density at radius 2 is 2.30 bits per heavy atom. The van der Waals surface area contributed by atoms with Crippen LogP contribution in [0.5, 0.6) is 0 Å². The molecule has 2 N–H and O–H groups in total. The first-order chi connectivity index (χ1) is 9.51. The normalized spacial score (nSPS) is 23.0. The number of hydrogen-bond acceptors (Lipinski definition) is 3. The van der Waals surface area contributed by atoms with E-state index in [1.54, 1.807) is 0 Å². The van der Waals surface area contributed by atoms with Crippen LogP contribution in [0.3, 0.4) is 0 Å². The predicted molar refractivity (Wildman–Crippen MR) is 83.7 cm³/mol. The van der Waals surface area contributed by atoms with Crippen LogP contribution in [0, 0.1) is 12.8 Å². The smallest absolute Gasteiger partial charge is 0.238 e. The van der Waals surface area contributed by atoms with Gasteiger partial charge in [0.1, 0.15) is 0 Å². The van der Waals surface area contributed by atoms with Crippen LogP contribution in [0.25, 0.3) is 0 Å². The zero-order valence-corrected chi connectivity index (χ0v) is 13.5. The van der Waals surface area contributed by atoms with Crippen molar-refractivity contribution < 1.29 is 9.90 Å². The third-order valence-corrected chi connectivity index (χ3v) is 4.59. The summed E-state index contributed by atoms with van der Waals surface area (Å²) in [6.45, 7) is 5.44. The third-order valence-electron chi connectivity index (χ3n) is 3.93. The summed E-state index contributed by atoms with van der Waals surface area (Å²) in [5.41, 5.74) is 1.93. The average Bonchev–Trinajstić information content (AvgIpc) is 2.73. The average molecular weight is 341 g/mol. The van der Waals surface area contributed by atoms with Crippen molar-refractivity contribution in [3.05, 3.63) is 28.2 Å². The van der Waals surface area contributed by atoms with E-state index >= 15 is 0 Å². The Balaban J connectivity index is 1.95. The van der Waals surface area contributed by atoms with Gasteiger partial charge in [0.25, 0.3) is 0 Å². The number of benzene rings is 1. The van der Waals surface area contributed by atoms with Gasteiger partial charge in [0, 0.05) is 10.5 Å². The molecule has 0 saturated carbocycles. The van der Waals surface area contributed by atoms with Crippen LogP contribution >= 0.6 is 15.9 Å². The number of carbonyl (C=O) groups excluding carboxylic acids is 1. The van der Waals surface area contributed by atoms with Gasteiger partial charge >= 0.3 is 0 Å². The van der Waals surface area contributed by atoms with E-state index in [1.165, 1.54) is 0 Å². The summed E-state index contributed by atoms with van der Waals surface area (Å²) >= 11 is 3.46. The molecule has 1 fully saturated rings. The van der Waals surface area contributed by atoms with Crippen molar-refractivity contribution in [3.8, 4) is 0 Å². The first-order valence-corrected chi connectivity index (χ1v) is 7.71. The lowest BCUT2D eigenvalue weighted by Crippen LogP contribution is -2.40. The van der Waals surface area contributed by atoms with Gasteiger partial charge in [0.15, 0.2) is 0 Å². The van der Waals surface area contributed by atoms with Crippen molar-refractivity contribution in [2.45, 2.75) is 26.3 Å². The first kappa shape index (κ1) is 15.5. The molecule has 110 valence electrons. The van der Waals surface area contributed by atoms with E-state index in [9.17, 15) is 9.90 Å². The number of nitrogens with zero attached hydrogens (tertiary/aromatic N) is 1. The van der Waals surface area contributed by atoms with Crippen LogP contribution in [-0.2, 0) is 4.79 Å². The second-order valence-corrected chi connectivity index (χ2v) is 6.37. The Hall–Kier alpha value is -0.910. The van der Waals surface area contributed by atoms with E-state index in [0.29, 0.717) is 12.5 Å². The molecule has 1 aromatic rings. The molecule has 4 nitrogen and oxygen atoms in total. The number of likely N-dealkylation sites (tertiary alicyclic amines) is 1. The van der Waals surface area contributed by atoms with Gasteiger partial charge in [0.2, 0.25) is 5.91 Å². The molecule has 0 radical (unpaired) electrons. The zero-order chi connectivity index (χ0) is 14.7. The van der Waals surface area contributed by atoms with Crippen molar-refractivity contribution in [1.29, 1.82) is 0 Å². The molecule has 2 rings (SSSR count). The lowest BCUT2D eigenvalue weighted by molar-refractivity contribution is -0.117. The SMILES string of the molecule is Cc1ccc(NC(=O)CN2CCC(C)C2CO)c(Br)c1. The summed E-state index contributed by atoms with van der Waals surface area (Å²) in [5, 5.41) is 12.3. The number of aryl methyl sites for hydroxylation is 1. The molecule has 20 heavy (non-hydrogen) atoms. The number of hydrogen-bond donors (Lipinski definition) is 2. The summed E-state index contributed by atoms with van der Waals surface area (Å²) in [4.78, 5) is 14.2. The molecule has 0 aromatic heterocycles. The molecule has 1 saturated heterocycles. The Morgan fingerprint density at radius 3 is 2.95 bits per heavy atom. The largest absolute Gasteiger partial charge is 0.395 e. The summed E-state index contributed by atoms with van der Waals surface area (Å²) in [7, 11) is 0. The molecule has 1 amide bonds. The minimum atomic E-state index is -0.0397. The maximum absolute atomic E-state index is 12.1. The zero-order valence-electron chi connectivity index (χ0n) is 11.9. The number of nitrogens with one attached hydrogen (secondary N) is 1. The third kappa shape index (κ3) is 3.59. The quantitative estimate of drug-likeness (QED) is 0.884. The van der Waals surface area contributed by atoms with Crippen molar-refractivity contribution in [2.75, 3.05) is 25.0 Å². The summed E-state index contributed by atoms with van der Waals surface area (Å²) < 4.78 is 0.888. The van der Waals surface area contributed by atoms with E-state index < -0.39 is 0 Å². The van der Waals surface area contributed by atoms with E-state index in [0.717, 1.165) is 28.7 Å². The molecule has 1 heterocycles. The Bertz CT molecular complexity index is 493. The van der Waals surface area contributed by atoms with Crippen LogP contribution in [0.2, 0.25) is 0 Å². The number of halogens is 1. The monoisotopic (exact) mass is 340 g/mol. The summed E-state index contributed by atoms with van der Waals surface area (Å²) in [5.74, 6) is 0.404. The Morgan fingerprint density at radius 1 is 1.55 bits per heavy atom. The van der Waals surface area contributed by atoms with Gasteiger partial charge in [-0.15, -0.1) is 0 Å². The van der Waals surface area contributed by atoms with Crippen LogP contribution in [0.1, 0.15) is 18.9 Å². The highest BCUT2D eigenvalue weighted by molar-refractivity contribution is 9.10. The maximum atomic E-state index is 12.1. The number of carbonyl (C=O) groups is 1. The van der Waals surface area contributed by atoms with Crippen molar-refractivity contribution >= 4 is 27.5 Å². The second-order valence-electron chi connectivity index (χ2n) is 5.52. The van der Waals surface area contributed by atoms with E-state index in [4.69, 9.17) is 0 Å². The minimum absolute atomic E-state index is 0.0397. The van der Waals surface area contributed by atoms with Crippen molar-refractivity contribution in [3.63, 3.8) is 0 Å². The fourth-order valence-corrected chi connectivity index (χ4v) is 3.27. The molecule has 1 aliphatic heterocycles. The Kier molecular flexibility index (Phi) is 5.18. The van der Waals surface area contributed by atoms with Gasteiger partial charge in [0.05, 0.1) is 18.8 Å². The number of amides is 1. The van der Waals surface area contributed by atoms with E-state index in [1.807, 2.05) is 25.1 Å². The van der Waals surface area contributed by atoms with Crippen LogP contribution < -0.4 is 5.32 Å². The number of aliphatic hydroxyl groups excluding tert-OH is 1. The standard InChI is InChI=1S/C15H21BrN2O2/c1-10-3-4-13(12(16)7-10)17-15(20)8-18-6-5-11(2)14(18)9-19/h3-4,7,11,14,19H,5-6,8-9H2,1-2H3,(H,17,20). The lowest BCUT2D eigenvalue weighted by Gasteiger charge is -2.24. The van der Waals surface area contributed by atoms with Gasteiger partial charge in [-0.2, -0.15) is 0 Å². The van der Waals surface area contributed by atoms with E-state index in [2.05, 4.69) is 33.1 Å². The Labute approximate surface area is 128 Å². The lowest BCUT2D eigenvalue weighted by atomic mass is 10.0. The molecular weight excluding hydrogens is 320 g/mol. The highest BCUT2D eigenvalue weighted by atomic mass is 79.9. The maximum Gasteiger partial charge on any atom is 0.238 e. The van der Waals surface area contributed by atoms with Crippen LogP contribution in [0.4, 0.5) is 5.69 Å². The van der Waals surface area contributed by atoms with Gasteiger partial charge in [-0.05, 0) is 59.4 Å². The molecule has 1 aliphatic rings. The highest BCUT2D eigenvalue weighted by Gasteiger charge is 2.31. The van der Waals surface area contributed by atoms with Gasteiger partial charge in [-0.25, -0.2) is 0 Å². The fraction of sp³-hybridized carbons (Fsp3) is 0.533. The molecule has 1 aromatic carbocycles. The van der Waals surface area contributed by atoms with Gasteiger partial charge in [-0.3, -0.25) is 9.69 Å². The topological polar surface area (TPSA) is 52.6 Å². The van der Waals surface area contributed by atoms with Gasteiger partial charge < -0.3 is 10.4 Å². The van der Waals surface area contributed by atoms with Crippen LogP contribution in [-0.4, -0.2) is 41.7 Å². The predicted octanol–water partition coefficient (Wildman–Crippen LogP) is 2.40. The molecule has 0 bridgehead atoms. The summed E-state index contributed by atoms with van der Waals surface area (Å²) in [6.07, 6.45) is 1.03. The van der Waals surface area contributed by atoms with E-state index in [-0.39, 0.29) is 18.6 Å². The second kappa shape index (κ2) is 6.70. The molecular formula is C15H21BrN2O2. The molecule has 0 spiro atoms. The highest BCUT2D eigenvalue weighted by Crippen LogP contribution is 2.25. The molecule has 2 unspecified atom stereocenters. The summed E-state index contributed by atoms with van der Waals surface area (Å²) in [6, 6.07) is 5.94. The van der Waals surface area contributed by atoms with Gasteiger partial charge in [-0.1, -0.05) is 13.0 Å². The fourth-order valence-electron chi connectivity index (χ4n) is 2.67. The number of aliphatic hydroxyl groups is 1. The van der Waals surface area contributed by atoms with Crippen molar-refractivity contribution in [2.24, 2.45) is 5.92 Å². The van der Waals surface area contributed by atoms with Crippen molar-refractivity contribution in [1.82, 2.24) is 4.90 Å². The van der Waals surface area contributed by atoms with Crippen LogP contribution in [0.15, 0.2) is 22.7 Å². The minimum Gasteiger partial charge on any atom is -0.395 e. The number of rotatable bonds is 4. The molecule has 0 aliphatic carbocycles. The molecule has 2 atom stereocenters. The first-order valence-electron chi connectivity index (χ1n) is 6.92. The molecule has 5 heteroatoms.